The van der Waals surface area contributed by atoms with Crippen LogP contribution in [0.3, 0.4) is 0 Å². The molecule has 1 saturated carbocycles. The van der Waals surface area contributed by atoms with Gasteiger partial charge in [-0.1, -0.05) is 43.7 Å². The van der Waals surface area contributed by atoms with Crippen LogP contribution in [0.15, 0.2) is 48.5 Å². The average molecular weight is 420 g/mol. The molecule has 0 radical (unpaired) electrons. The van der Waals surface area contributed by atoms with Crippen LogP contribution in [-0.4, -0.2) is 23.1 Å². The van der Waals surface area contributed by atoms with Gasteiger partial charge in [-0.2, -0.15) is 0 Å². The van der Waals surface area contributed by atoms with Gasteiger partial charge in [0.2, 0.25) is 11.8 Å². The van der Waals surface area contributed by atoms with E-state index in [0.717, 1.165) is 23.1 Å². The first-order valence-corrected chi connectivity index (χ1v) is 10.3. The van der Waals surface area contributed by atoms with Gasteiger partial charge in [0, 0.05) is 18.9 Å². The Morgan fingerprint density at radius 1 is 1.20 bits per heavy atom. The van der Waals surface area contributed by atoms with Gasteiger partial charge in [-0.05, 0) is 48.6 Å². The summed E-state index contributed by atoms with van der Waals surface area (Å²) in [5.74, 6) is -3.73. The highest BCUT2D eigenvalue weighted by Crippen LogP contribution is 2.34. The van der Waals surface area contributed by atoms with E-state index in [2.05, 4.69) is 5.32 Å². The molecule has 0 bridgehead atoms. The monoisotopic (exact) mass is 420 g/mol. The summed E-state index contributed by atoms with van der Waals surface area (Å²) in [7, 11) is 0. The smallest absolute Gasteiger partial charge is 0.250 e. The van der Waals surface area contributed by atoms with Crippen molar-refractivity contribution in [2.24, 2.45) is 0 Å². The molecule has 0 aliphatic heterocycles. The number of aryl methyl sites for hydroxylation is 1. The molecule has 1 amide bonds. The number of carbonyl (C=O) groups is 1. The number of halogens is 3. The lowest BCUT2D eigenvalue weighted by Gasteiger charge is -2.33. The highest BCUT2D eigenvalue weighted by Gasteiger charge is 2.37. The second kappa shape index (κ2) is 9.51. The van der Waals surface area contributed by atoms with Crippen molar-refractivity contribution in [3.8, 4) is 0 Å². The van der Waals surface area contributed by atoms with Crippen LogP contribution in [0.1, 0.15) is 56.2 Å². The zero-order valence-corrected chi connectivity index (χ0v) is 17.0. The third-order valence-corrected chi connectivity index (χ3v) is 5.50. The first-order chi connectivity index (χ1) is 14.3. The molecule has 1 atom stereocenters. The minimum atomic E-state index is -2.70. The van der Waals surface area contributed by atoms with Crippen molar-refractivity contribution in [1.82, 2.24) is 5.32 Å². The topological polar surface area (TPSA) is 52.6 Å². The number of nitrogens with one attached hydrogen (secondary N) is 1. The standard InChI is InChI=1S/C23H27F3N2O2/c1-2-6-16-7-3-4-10-20(16)21(28(30)19-9-5-8-17(24)15-19)22(29)27-18-11-13-23(25,26)14-12-18/h3-5,7-10,15,18,21,30H,2,6,11-14H2,1H3,(H,27,29)/t21-/m1/s1. The number of anilines is 1. The Bertz CT molecular complexity index is 865. The molecule has 1 fully saturated rings. The van der Waals surface area contributed by atoms with Gasteiger partial charge in [-0.3, -0.25) is 10.0 Å². The molecule has 0 aromatic heterocycles. The van der Waals surface area contributed by atoms with E-state index in [-0.39, 0.29) is 37.4 Å². The second-order valence-corrected chi connectivity index (χ2v) is 7.81. The maximum Gasteiger partial charge on any atom is 0.250 e. The Morgan fingerprint density at radius 3 is 2.57 bits per heavy atom. The average Bonchev–Trinajstić information content (AvgIpc) is 2.71. The zero-order valence-electron chi connectivity index (χ0n) is 17.0. The van der Waals surface area contributed by atoms with Crippen LogP contribution in [0.5, 0.6) is 0 Å². The number of benzene rings is 2. The normalized spacial score (nSPS) is 17.4. The minimum Gasteiger partial charge on any atom is -0.351 e. The summed E-state index contributed by atoms with van der Waals surface area (Å²) in [5.41, 5.74) is 1.63. The van der Waals surface area contributed by atoms with Crippen molar-refractivity contribution < 1.29 is 23.2 Å². The molecule has 2 aromatic rings. The Morgan fingerprint density at radius 2 is 1.90 bits per heavy atom. The summed E-state index contributed by atoms with van der Waals surface area (Å²) in [4.78, 5) is 13.2. The molecule has 30 heavy (non-hydrogen) atoms. The molecule has 0 unspecified atom stereocenters. The molecule has 1 aliphatic carbocycles. The number of amides is 1. The lowest BCUT2D eigenvalue weighted by molar-refractivity contribution is -0.125. The van der Waals surface area contributed by atoms with Gasteiger partial charge in [0.1, 0.15) is 5.82 Å². The molecular formula is C23H27F3N2O2. The number of hydrogen-bond donors (Lipinski definition) is 2. The van der Waals surface area contributed by atoms with Crippen LogP contribution < -0.4 is 10.4 Å². The number of hydrogen-bond acceptors (Lipinski definition) is 3. The first-order valence-electron chi connectivity index (χ1n) is 10.3. The highest BCUT2D eigenvalue weighted by atomic mass is 19.3. The molecule has 0 spiro atoms. The third-order valence-electron chi connectivity index (χ3n) is 5.50. The lowest BCUT2D eigenvalue weighted by Crippen LogP contribution is -2.46. The molecule has 162 valence electrons. The quantitative estimate of drug-likeness (QED) is 0.589. The van der Waals surface area contributed by atoms with E-state index in [1.54, 1.807) is 12.1 Å². The predicted octanol–water partition coefficient (Wildman–Crippen LogP) is 5.41. The maximum absolute atomic E-state index is 13.7. The van der Waals surface area contributed by atoms with Gasteiger partial charge in [0.25, 0.3) is 0 Å². The number of rotatable bonds is 7. The maximum atomic E-state index is 13.7. The van der Waals surface area contributed by atoms with Gasteiger partial charge in [-0.25, -0.2) is 18.2 Å². The fourth-order valence-corrected chi connectivity index (χ4v) is 3.91. The Kier molecular flexibility index (Phi) is 7.02. The lowest BCUT2D eigenvalue weighted by atomic mass is 9.91. The van der Waals surface area contributed by atoms with Gasteiger partial charge in [-0.15, -0.1) is 0 Å². The zero-order chi connectivity index (χ0) is 21.7. The molecule has 0 heterocycles. The fourth-order valence-electron chi connectivity index (χ4n) is 3.91. The van der Waals surface area contributed by atoms with Crippen LogP contribution in [0.25, 0.3) is 0 Å². The summed E-state index contributed by atoms with van der Waals surface area (Å²) in [6, 6.07) is 11.1. The van der Waals surface area contributed by atoms with Gasteiger partial charge < -0.3 is 5.32 Å². The first kappa shape index (κ1) is 22.2. The summed E-state index contributed by atoms with van der Waals surface area (Å²) in [6.07, 6.45) is 1.34. The molecule has 3 rings (SSSR count). The SMILES string of the molecule is CCCc1ccccc1[C@H](C(=O)NC1CCC(F)(F)CC1)N(O)c1cccc(F)c1. The van der Waals surface area contributed by atoms with Crippen LogP contribution in [0, 0.1) is 5.82 Å². The van der Waals surface area contributed by atoms with Crippen molar-refractivity contribution in [2.75, 3.05) is 5.06 Å². The summed E-state index contributed by atoms with van der Waals surface area (Å²) in [5, 5.41) is 14.5. The molecule has 2 N–H and O–H groups in total. The van der Waals surface area contributed by atoms with Gasteiger partial charge in [0.15, 0.2) is 6.04 Å². The van der Waals surface area contributed by atoms with E-state index in [4.69, 9.17) is 0 Å². The van der Waals surface area contributed by atoms with Crippen molar-refractivity contribution in [2.45, 2.75) is 63.5 Å². The fraction of sp³-hybridized carbons (Fsp3) is 0.435. The number of hydroxylamine groups is 1. The number of alkyl halides is 2. The van der Waals surface area contributed by atoms with Crippen molar-refractivity contribution in [3.05, 3.63) is 65.5 Å². The van der Waals surface area contributed by atoms with E-state index in [1.165, 1.54) is 18.2 Å². The second-order valence-electron chi connectivity index (χ2n) is 7.81. The van der Waals surface area contributed by atoms with E-state index < -0.39 is 23.7 Å². The molecular weight excluding hydrogens is 393 g/mol. The van der Waals surface area contributed by atoms with Gasteiger partial charge >= 0.3 is 0 Å². The largest absolute Gasteiger partial charge is 0.351 e. The van der Waals surface area contributed by atoms with Crippen LogP contribution in [0.4, 0.5) is 18.9 Å². The Hall–Kier alpha value is -2.54. The van der Waals surface area contributed by atoms with Crippen LogP contribution in [0.2, 0.25) is 0 Å². The van der Waals surface area contributed by atoms with Crippen LogP contribution >= 0.6 is 0 Å². The molecule has 0 saturated heterocycles. The van der Waals surface area contributed by atoms with Crippen molar-refractivity contribution >= 4 is 11.6 Å². The Balaban J connectivity index is 1.90. The summed E-state index contributed by atoms with van der Waals surface area (Å²) in [6.45, 7) is 2.01. The molecule has 2 aromatic carbocycles. The van der Waals surface area contributed by atoms with E-state index >= 15 is 0 Å². The highest BCUT2D eigenvalue weighted by molar-refractivity contribution is 5.86. The van der Waals surface area contributed by atoms with Crippen LogP contribution in [-0.2, 0) is 11.2 Å². The predicted molar refractivity (Wildman–Crippen MR) is 109 cm³/mol. The molecule has 4 nitrogen and oxygen atoms in total. The summed E-state index contributed by atoms with van der Waals surface area (Å²) >= 11 is 0. The minimum absolute atomic E-state index is 0.136. The van der Waals surface area contributed by atoms with Crippen molar-refractivity contribution in [1.29, 1.82) is 0 Å². The summed E-state index contributed by atoms with van der Waals surface area (Å²) < 4.78 is 40.7. The van der Waals surface area contributed by atoms with E-state index in [0.29, 0.717) is 12.0 Å². The molecule has 7 heteroatoms. The van der Waals surface area contributed by atoms with Gasteiger partial charge in [0.05, 0.1) is 5.69 Å². The third kappa shape index (κ3) is 5.33. The van der Waals surface area contributed by atoms with Crippen molar-refractivity contribution in [3.63, 3.8) is 0 Å². The van der Waals surface area contributed by atoms with E-state index in [1.807, 2.05) is 19.1 Å². The molecule has 1 aliphatic rings. The van der Waals surface area contributed by atoms with E-state index in [9.17, 15) is 23.2 Å². The Labute approximate surface area is 174 Å². The number of carbonyl (C=O) groups excluding carboxylic acids is 1. The number of nitrogens with zero attached hydrogens (tertiary/aromatic N) is 1.